The molecule has 0 radical (unpaired) electrons. The van der Waals surface area contributed by atoms with Crippen LogP contribution in [0.5, 0.6) is 11.5 Å². The first-order valence-electron chi connectivity index (χ1n) is 8.26. The number of benzene rings is 2. The van der Waals surface area contributed by atoms with E-state index in [2.05, 4.69) is 10.5 Å². The molecule has 6 nitrogen and oxygen atoms in total. The summed E-state index contributed by atoms with van der Waals surface area (Å²) in [6.07, 6.45) is 0. The SMILES string of the molecule is COc1ccc(OCCNC(=O)c2c(-c3ccccc3)noc2C)cc1. The van der Waals surface area contributed by atoms with Crippen LogP contribution >= 0.6 is 0 Å². The summed E-state index contributed by atoms with van der Waals surface area (Å²) >= 11 is 0. The Kier molecular flexibility index (Phi) is 5.53. The van der Waals surface area contributed by atoms with Gasteiger partial charge in [-0.05, 0) is 31.2 Å². The third kappa shape index (κ3) is 4.03. The lowest BCUT2D eigenvalue weighted by Gasteiger charge is -2.08. The number of rotatable bonds is 7. The second-order valence-corrected chi connectivity index (χ2v) is 5.61. The van der Waals surface area contributed by atoms with Gasteiger partial charge in [0, 0.05) is 5.56 Å². The number of hydrogen-bond acceptors (Lipinski definition) is 5. The quantitative estimate of drug-likeness (QED) is 0.659. The van der Waals surface area contributed by atoms with E-state index in [1.807, 2.05) is 54.6 Å². The monoisotopic (exact) mass is 352 g/mol. The lowest BCUT2D eigenvalue weighted by Crippen LogP contribution is -2.28. The van der Waals surface area contributed by atoms with Crippen molar-refractivity contribution in [3.8, 4) is 22.8 Å². The third-order valence-electron chi connectivity index (χ3n) is 3.85. The second kappa shape index (κ2) is 8.20. The molecular formula is C20H20N2O4. The summed E-state index contributed by atoms with van der Waals surface area (Å²) in [5.74, 6) is 1.73. The topological polar surface area (TPSA) is 73.6 Å². The molecule has 0 bridgehead atoms. The van der Waals surface area contributed by atoms with E-state index < -0.39 is 0 Å². The molecule has 0 saturated carbocycles. The summed E-state index contributed by atoms with van der Waals surface area (Å²) in [6, 6.07) is 16.7. The van der Waals surface area contributed by atoms with Crippen molar-refractivity contribution in [3.05, 3.63) is 65.9 Å². The molecule has 1 N–H and O–H groups in total. The van der Waals surface area contributed by atoms with Crippen LogP contribution in [-0.2, 0) is 0 Å². The van der Waals surface area contributed by atoms with E-state index in [-0.39, 0.29) is 5.91 Å². The standard InChI is InChI=1S/C20H20N2O4/c1-14-18(19(22-26-14)15-6-4-3-5-7-15)20(23)21-12-13-25-17-10-8-16(24-2)9-11-17/h3-11H,12-13H2,1-2H3,(H,21,23). The van der Waals surface area contributed by atoms with Crippen LogP contribution < -0.4 is 14.8 Å². The molecule has 6 heteroatoms. The number of amides is 1. The van der Waals surface area contributed by atoms with Crippen LogP contribution in [0.1, 0.15) is 16.1 Å². The Morgan fingerprint density at radius 2 is 1.77 bits per heavy atom. The molecule has 0 aliphatic heterocycles. The molecule has 3 aromatic rings. The zero-order chi connectivity index (χ0) is 18.4. The van der Waals surface area contributed by atoms with Crippen molar-refractivity contribution in [1.82, 2.24) is 10.5 Å². The zero-order valence-corrected chi connectivity index (χ0v) is 14.7. The van der Waals surface area contributed by atoms with Crippen molar-refractivity contribution in [1.29, 1.82) is 0 Å². The predicted octanol–water partition coefficient (Wildman–Crippen LogP) is 3.47. The first-order valence-corrected chi connectivity index (χ1v) is 8.26. The first-order chi connectivity index (χ1) is 12.7. The molecule has 0 unspecified atom stereocenters. The number of aromatic nitrogens is 1. The number of methoxy groups -OCH3 is 1. The smallest absolute Gasteiger partial charge is 0.257 e. The molecular weight excluding hydrogens is 332 g/mol. The fourth-order valence-corrected chi connectivity index (χ4v) is 2.53. The van der Waals surface area contributed by atoms with Crippen LogP contribution in [0.15, 0.2) is 59.1 Å². The predicted molar refractivity (Wildman–Crippen MR) is 97.5 cm³/mol. The molecule has 0 atom stereocenters. The van der Waals surface area contributed by atoms with Gasteiger partial charge >= 0.3 is 0 Å². The molecule has 0 saturated heterocycles. The Morgan fingerprint density at radius 3 is 2.46 bits per heavy atom. The summed E-state index contributed by atoms with van der Waals surface area (Å²) in [7, 11) is 1.61. The zero-order valence-electron chi connectivity index (χ0n) is 14.7. The highest BCUT2D eigenvalue weighted by molar-refractivity contribution is 6.00. The van der Waals surface area contributed by atoms with Gasteiger partial charge < -0.3 is 19.3 Å². The van der Waals surface area contributed by atoms with E-state index in [0.29, 0.717) is 35.9 Å². The number of aryl methyl sites for hydroxylation is 1. The van der Waals surface area contributed by atoms with E-state index in [1.165, 1.54) is 0 Å². The number of hydrogen-bond donors (Lipinski definition) is 1. The van der Waals surface area contributed by atoms with Gasteiger partial charge in [0.2, 0.25) is 0 Å². The molecule has 0 fully saturated rings. The van der Waals surface area contributed by atoms with Crippen LogP contribution in [0.25, 0.3) is 11.3 Å². The Hall–Kier alpha value is -3.28. The molecule has 1 aromatic heterocycles. The van der Waals surface area contributed by atoms with Gasteiger partial charge in [0.25, 0.3) is 5.91 Å². The molecule has 0 aliphatic carbocycles. The van der Waals surface area contributed by atoms with Crippen molar-refractivity contribution in [2.24, 2.45) is 0 Å². The Bertz CT molecular complexity index is 857. The van der Waals surface area contributed by atoms with Gasteiger partial charge in [-0.25, -0.2) is 0 Å². The van der Waals surface area contributed by atoms with Crippen LogP contribution in [0.3, 0.4) is 0 Å². The van der Waals surface area contributed by atoms with Gasteiger partial charge in [0.1, 0.15) is 35.1 Å². The minimum absolute atomic E-state index is 0.235. The average molecular weight is 352 g/mol. The van der Waals surface area contributed by atoms with Gasteiger partial charge in [-0.1, -0.05) is 35.5 Å². The maximum atomic E-state index is 12.5. The maximum Gasteiger partial charge on any atom is 0.257 e. The number of carbonyl (C=O) groups is 1. The van der Waals surface area contributed by atoms with Gasteiger partial charge in [0.15, 0.2) is 0 Å². The Labute approximate surface area is 151 Å². The molecule has 1 amide bonds. The molecule has 0 spiro atoms. The van der Waals surface area contributed by atoms with E-state index in [1.54, 1.807) is 14.0 Å². The third-order valence-corrected chi connectivity index (χ3v) is 3.85. The van der Waals surface area contributed by atoms with E-state index in [4.69, 9.17) is 14.0 Å². The second-order valence-electron chi connectivity index (χ2n) is 5.61. The normalized spacial score (nSPS) is 10.4. The van der Waals surface area contributed by atoms with Crippen molar-refractivity contribution < 1.29 is 18.8 Å². The molecule has 3 rings (SSSR count). The van der Waals surface area contributed by atoms with E-state index in [9.17, 15) is 4.79 Å². The number of ether oxygens (including phenoxy) is 2. The Balaban J connectivity index is 1.58. The summed E-state index contributed by atoms with van der Waals surface area (Å²) in [4.78, 5) is 12.5. The van der Waals surface area contributed by atoms with Gasteiger partial charge in [-0.2, -0.15) is 0 Å². The summed E-state index contributed by atoms with van der Waals surface area (Å²) < 4.78 is 15.9. The number of carbonyl (C=O) groups excluding carboxylic acids is 1. The lowest BCUT2D eigenvalue weighted by molar-refractivity contribution is 0.0946. The van der Waals surface area contributed by atoms with Crippen molar-refractivity contribution >= 4 is 5.91 Å². The van der Waals surface area contributed by atoms with Gasteiger partial charge in [0.05, 0.1) is 13.7 Å². The minimum Gasteiger partial charge on any atom is -0.497 e. The highest BCUT2D eigenvalue weighted by Gasteiger charge is 2.21. The van der Waals surface area contributed by atoms with E-state index in [0.717, 1.165) is 11.3 Å². The molecule has 2 aromatic carbocycles. The molecule has 26 heavy (non-hydrogen) atoms. The van der Waals surface area contributed by atoms with Gasteiger partial charge in [-0.3, -0.25) is 4.79 Å². The largest absolute Gasteiger partial charge is 0.497 e. The number of nitrogens with one attached hydrogen (secondary N) is 1. The summed E-state index contributed by atoms with van der Waals surface area (Å²) in [5, 5.41) is 6.86. The summed E-state index contributed by atoms with van der Waals surface area (Å²) in [6.45, 7) is 2.44. The molecule has 1 heterocycles. The fraction of sp³-hybridized carbons (Fsp3) is 0.200. The highest BCUT2D eigenvalue weighted by atomic mass is 16.5. The summed E-state index contributed by atoms with van der Waals surface area (Å²) in [5.41, 5.74) is 1.82. The van der Waals surface area contributed by atoms with Crippen LogP contribution in [0, 0.1) is 6.92 Å². The first kappa shape index (κ1) is 17.5. The minimum atomic E-state index is -0.235. The average Bonchev–Trinajstić information content (AvgIpc) is 3.08. The highest BCUT2D eigenvalue weighted by Crippen LogP contribution is 2.24. The lowest BCUT2D eigenvalue weighted by atomic mass is 10.1. The maximum absolute atomic E-state index is 12.5. The van der Waals surface area contributed by atoms with Crippen molar-refractivity contribution in [2.75, 3.05) is 20.3 Å². The van der Waals surface area contributed by atoms with Crippen LogP contribution in [-0.4, -0.2) is 31.3 Å². The number of nitrogens with zero attached hydrogens (tertiary/aromatic N) is 1. The van der Waals surface area contributed by atoms with Crippen LogP contribution in [0.4, 0.5) is 0 Å². The fourth-order valence-electron chi connectivity index (χ4n) is 2.53. The van der Waals surface area contributed by atoms with Gasteiger partial charge in [-0.15, -0.1) is 0 Å². The Morgan fingerprint density at radius 1 is 1.08 bits per heavy atom. The van der Waals surface area contributed by atoms with Crippen molar-refractivity contribution in [2.45, 2.75) is 6.92 Å². The molecule has 134 valence electrons. The molecule has 0 aliphatic rings. The van der Waals surface area contributed by atoms with Crippen LogP contribution in [0.2, 0.25) is 0 Å². The van der Waals surface area contributed by atoms with E-state index >= 15 is 0 Å². The van der Waals surface area contributed by atoms with Crippen molar-refractivity contribution in [3.63, 3.8) is 0 Å².